The van der Waals surface area contributed by atoms with Crippen LogP contribution in [-0.4, -0.2) is 35.1 Å². The second kappa shape index (κ2) is 13.1. The maximum Gasteiger partial charge on any atom is 0.333 e. The molecule has 0 radical (unpaired) electrons. The molecule has 3 nitrogen and oxygen atoms in total. The minimum Gasteiger partial charge on any atom is -0.459 e. The van der Waals surface area contributed by atoms with E-state index in [2.05, 4.69) is 25.3 Å². The molecule has 0 amide bonds. The molecule has 0 aliphatic heterocycles. The first-order valence-corrected chi connectivity index (χ1v) is 15.5. The number of esters is 1. The van der Waals surface area contributed by atoms with Gasteiger partial charge in [0.2, 0.25) is 0 Å². The van der Waals surface area contributed by atoms with Gasteiger partial charge < -0.3 is 4.74 Å². The third-order valence-corrected chi connectivity index (χ3v) is 10.5. The first-order chi connectivity index (χ1) is 16.9. The summed E-state index contributed by atoms with van der Waals surface area (Å²) in [5, 5.41) is 0. The predicted octanol–water partition coefficient (Wildman–Crippen LogP) is 8.46. The van der Waals surface area contributed by atoms with E-state index in [1.807, 2.05) is 0 Å². The molecule has 4 fully saturated rings. The summed E-state index contributed by atoms with van der Waals surface area (Å²) in [4.78, 5) is 14.9. The van der Waals surface area contributed by atoms with Crippen molar-refractivity contribution in [3.05, 3.63) is 12.2 Å². The Labute approximate surface area is 216 Å². The smallest absolute Gasteiger partial charge is 0.333 e. The van der Waals surface area contributed by atoms with Crippen LogP contribution in [-0.2, 0) is 9.53 Å². The van der Waals surface area contributed by atoms with E-state index in [-0.39, 0.29) is 12.1 Å². The summed E-state index contributed by atoms with van der Waals surface area (Å²) in [6.07, 6.45) is 25.0. The van der Waals surface area contributed by atoms with Gasteiger partial charge in [-0.15, -0.1) is 0 Å². The Kier molecular flexibility index (Phi) is 10.2. The van der Waals surface area contributed by atoms with Gasteiger partial charge in [0.15, 0.2) is 0 Å². The number of nitrogens with zero attached hydrogens (tertiary/aromatic N) is 1. The van der Waals surface area contributed by atoms with Crippen molar-refractivity contribution in [3.63, 3.8) is 0 Å². The Hall–Kier alpha value is -0.830. The topological polar surface area (TPSA) is 29.5 Å². The van der Waals surface area contributed by atoms with E-state index in [1.54, 1.807) is 6.92 Å². The first-order valence-electron chi connectivity index (χ1n) is 15.5. The third-order valence-electron chi connectivity index (χ3n) is 10.5. The molecule has 0 atom stereocenters. The van der Waals surface area contributed by atoms with Crippen LogP contribution in [0.3, 0.4) is 0 Å². The molecule has 4 aliphatic rings. The van der Waals surface area contributed by atoms with E-state index in [1.165, 1.54) is 103 Å². The largest absolute Gasteiger partial charge is 0.459 e. The Morgan fingerprint density at radius 3 is 1.43 bits per heavy atom. The third kappa shape index (κ3) is 7.83. The van der Waals surface area contributed by atoms with Gasteiger partial charge in [0.25, 0.3) is 0 Å². The molecule has 3 heteroatoms. The number of carbonyl (C=O) groups excluding carboxylic acids is 1. The van der Waals surface area contributed by atoms with Crippen molar-refractivity contribution in [1.82, 2.24) is 4.90 Å². The highest BCUT2D eigenvalue weighted by molar-refractivity contribution is 5.87. The number of carbonyl (C=O) groups is 1. The Morgan fingerprint density at radius 2 is 1.03 bits per heavy atom. The van der Waals surface area contributed by atoms with Crippen molar-refractivity contribution >= 4 is 5.97 Å². The van der Waals surface area contributed by atoms with Crippen LogP contribution in [0.1, 0.15) is 136 Å². The molecule has 4 rings (SSSR count). The molecule has 0 heterocycles. The molecule has 4 saturated carbocycles. The van der Waals surface area contributed by atoms with E-state index in [9.17, 15) is 4.79 Å². The summed E-state index contributed by atoms with van der Waals surface area (Å²) in [5.41, 5.74) is 0.525. The zero-order chi connectivity index (χ0) is 24.8. The van der Waals surface area contributed by atoms with Gasteiger partial charge in [0, 0.05) is 23.7 Å². The first kappa shape index (κ1) is 27.2. The van der Waals surface area contributed by atoms with Gasteiger partial charge in [-0.1, -0.05) is 33.3 Å². The molecule has 0 aromatic rings. The maximum atomic E-state index is 11.8. The zero-order valence-corrected chi connectivity index (χ0v) is 23.3. The number of rotatable bonds is 8. The fourth-order valence-corrected chi connectivity index (χ4v) is 7.97. The molecule has 200 valence electrons. The van der Waals surface area contributed by atoms with Crippen LogP contribution >= 0.6 is 0 Å². The van der Waals surface area contributed by atoms with Crippen LogP contribution in [0.4, 0.5) is 0 Å². The molecule has 0 N–H and O–H groups in total. The Balaban J connectivity index is 1.21. The highest BCUT2D eigenvalue weighted by Crippen LogP contribution is 2.40. The van der Waals surface area contributed by atoms with Crippen molar-refractivity contribution in [1.29, 1.82) is 0 Å². The standard InChI is InChI=1S/C32H55NO2/c1-23(2)32(34)35-31-21-13-27(14-22-31)10-9-26-11-19-30(20-12-26)33(28-15-5-24(3)6-16-28)29-17-7-25(4)8-18-29/h24-31H,1,5-22H2,2-4H3. The van der Waals surface area contributed by atoms with Gasteiger partial charge >= 0.3 is 5.97 Å². The van der Waals surface area contributed by atoms with Crippen LogP contribution in [0.15, 0.2) is 12.2 Å². The van der Waals surface area contributed by atoms with Crippen LogP contribution in [0.2, 0.25) is 0 Å². The quantitative estimate of drug-likeness (QED) is 0.255. The lowest BCUT2D eigenvalue weighted by Crippen LogP contribution is -2.52. The van der Waals surface area contributed by atoms with Crippen molar-refractivity contribution in [2.24, 2.45) is 23.7 Å². The lowest BCUT2D eigenvalue weighted by molar-refractivity contribution is -0.146. The lowest BCUT2D eigenvalue weighted by Gasteiger charge is -2.49. The molecule has 0 spiro atoms. The highest BCUT2D eigenvalue weighted by Gasteiger charge is 2.37. The zero-order valence-electron chi connectivity index (χ0n) is 23.3. The van der Waals surface area contributed by atoms with Crippen molar-refractivity contribution in [3.8, 4) is 0 Å². The Bertz CT molecular complexity index is 635. The van der Waals surface area contributed by atoms with Crippen LogP contribution < -0.4 is 0 Å². The molecule has 0 saturated heterocycles. The number of hydrogen-bond donors (Lipinski definition) is 0. The van der Waals surface area contributed by atoms with Gasteiger partial charge in [-0.2, -0.15) is 0 Å². The minimum absolute atomic E-state index is 0.127. The molecular weight excluding hydrogens is 430 g/mol. The molecule has 0 aromatic heterocycles. The summed E-state index contributed by atoms with van der Waals surface area (Å²) < 4.78 is 5.60. The monoisotopic (exact) mass is 485 g/mol. The van der Waals surface area contributed by atoms with Gasteiger partial charge in [0.05, 0.1) is 0 Å². The maximum absolute atomic E-state index is 11.8. The van der Waals surface area contributed by atoms with Crippen molar-refractivity contribution in [2.75, 3.05) is 0 Å². The van der Waals surface area contributed by atoms with E-state index in [0.29, 0.717) is 5.57 Å². The van der Waals surface area contributed by atoms with Gasteiger partial charge in [0.1, 0.15) is 6.10 Å². The van der Waals surface area contributed by atoms with E-state index < -0.39 is 0 Å². The summed E-state index contributed by atoms with van der Waals surface area (Å²) in [6.45, 7) is 10.4. The fraction of sp³-hybridized carbons (Fsp3) is 0.906. The van der Waals surface area contributed by atoms with Crippen LogP contribution in [0.25, 0.3) is 0 Å². The second-order valence-corrected chi connectivity index (χ2v) is 13.4. The van der Waals surface area contributed by atoms with Gasteiger partial charge in [-0.25, -0.2) is 4.79 Å². The van der Waals surface area contributed by atoms with Crippen molar-refractivity contribution < 1.29 is 9.53 Å². The van der Waals surface area contributed by atoms with Crippen LogP contribution in [0, 0.1) is 23.7 Å². The van der Waals surface area contributed by atoms with E-state index in [0.717, 1.165) is 54.6 Å². The van der Waals surface area contributed by atoms with E-state index in [4.69, 9.17) is 4.74 Å². The van der Waals surface area contributed by atoms with Gasteiger partial charge in [-0.05, 0) is 133 Å². The Morgan fingerprint density at radius 1 is 0.657 bits per heavy atom. The predicted molar refractivity (Wildman–Crippen MR) is 146 cm³/mol. The minimum atomic E-state index is -0.204. The molecule has 4 aliphatic carbocycles. The van der Waals surface area contributed by atoms with Crippen molar-refractivity contribution in [2.45, 2.75) is 161 Å². The summed E-state index contributed by atoms with van der Waals surface area (Å²) >= 11 is 0. The molecular formula is C32H55NO2. The highest BCUT2D eigenvalue weighted by atomic mass is 16.5. The average Bonchev–Trinajstić information content (AvgIpc) is 2.87. The summed E-state index contributed by atoms with van der Waals surface area (Å²) in [5.74, 6) is 3.49. The fourth-order valence-electron chi connectivity index (χ4n) is 7.97. The lowest BCUT2D eigenvalue weighted by atomic mass is 9.76. The van der Waals surface area contributed by atoms with E-state index >= 15 is 0 Å². The number of ether oxygens (including phenoxy) is 1. The molecule has 0 bridgehead atoms. The average molecular weight is 486 g/mol. The normalized spacial score (nSPS) is 38.7. The van der Waals surface area contributed by atoms with Crippen LogP contribution in [0.5, 0.6) is 0 Å². The molecule has 0 unspecified atom stereocenters. The molecule has 35 heavy (non-hydrogen) atoms. The summed E-state index contributed by atoms with van der Waals surface area (Å²) in [6, 6.07) is 2.61. The summed E-state index contributed by atoms with van der Waals surface area (Å²) in [7, 11) is 0. The second-order valence-electron chi connectivity index (χ2n) is 13.4. The van der Waals surface area contributed by atoms with Gasteiger partial charge in [-0.3, -0.25) is 4.90 Å². The number of hydrogen-bond acceptors (Lipinski definition) is 3. The SMILES string of the molecule is C=C(C)C(=O)OC1CCC(CCC2CCC(N(C3CCC(C)CC3)C3CCC(C)CC3)CC2)CC1. The molecule has 0 aromatic carbocycles.